The zero-order valence-electron chi connectivity index (χ0n) is 15.2. The van der Waals surface area contributed by atoms with Gasteiger partial charge in [-0.05, 0) is 31.2 Å². The molecule has 28 heavy (non-hydrogen) atoms. The van der Waals surface area contributed by atoms with Crippen LogP contribution >= 0.6 is 0 Å². The van der Waals surface area contributed by atoms with Gasteiger partial charge in [0.05, 0.1) is 35.8 Å². The van der Waals surface area contributed by atoms with Crippen LogP contribution in [0.25, 0.3) is 33.5 Å². The Balaban J connectivity index is 1.77. The van der Waals surface area contributed by atoms with E-state index >= 15 is 0 Å². The predicted octanol–water partition coefficient (Wildman–Crippen LogP) is 3.59. The molecule has 8 heteroatoms. The van der Waals surface area contributed by atoms with E-state index in [-0.39, 0.29) is 5.82 Å². The number of ether oxygens (including phenoxy) is 1. The Kier molecular flexibility index (Phi) is 3.58. The molecule has 4 heterocycles. The highest BCUT2D eigenvalue weighted by Gasteiger charge is 2.17. The Morgan fingerprint density at radius 2 is 2.00 bits per heavy atom. The number of benzene rings is 1. The van der Waals surface area contributed by atoms with Gasteiger partial charge in [-0.1, -0.05) is 0 Å². The number of halogens is 1. The average Bonchev–Trinajstić information content (AvgIpc) is 3.29. The normalized spacial score (nSPS) is 11.4. The lowest BCUT2D eigenvalue weighted by atomic mass is 10.1. The summed E-state index contributed by atoms with van der Waals surface area (Å²) in [6.07, 6.45) is 7.04. The summed E-state index contributed by atoms with van der Waals surface area (Å²) < 4.78 is 22.7. The highest BCUT2D eigenvalue weighted by molar-refractivity contribution is 5.88. The zero-order chi connectivity index (χ0) is 19.3. The fourth-order valence-electron chi connectivity index (χ4n) is 3.32. The fraction of sp³-hybridized carbons (Fsp3) is 0.100. The summed E-state index contributed by atoms with van der Waals surface area (Å²) in [6, 6.07) is 8.07. The monoisotopic (exact) mass is 374 g/mol. The number of aromatic nitrogens is 6. The van der Waals surface area contributed by atoms with Gasteiger partial charge in [-0.2, -0.15) is 10.2 Å². The standard InChI is InChI=1S/C20H15FN6O/c1-12-14-10-23-16(15-11-24-26-7-3-6-22-20(15)26)9-17(14)27(25-12)18-8-13(21)4-5-19(18)28-2/h3-11H,1-2H3. The van der Waals surface area contributed by atoms with Gasteiger partial charge in [-0.15, -0.1) is 0 Å². The third-order valence-corrected chi connectivity index (χ3v) is 4.67. The number of rotatable bonds is 3. The molecule has 0 saturated carbocycles. The minimum atomic E-state index is -0.363. The molecule has 5 rings (SSSR count). The lowest BCUT2D eigenvalue weighted by Gasteiger charge is -2.10. The SMILES string of the molecule is COc1ccc(F)cc1-n1nc(C)c2cnc(-c3cnn4cccnc34)cc21. The number of hydrogen-bond donors (Lipinski definition) is 0. The quantitative estimate of drug-likeness (QED) is 0.483. The minimum Gasteiger partial charge on any atom is -0.494 e. The van der Waals surface area contributed by atoms with Gasteiger partial charge in [0.1, 0.15) is 17.3 Å². The molecule has 138 valence electrons. The van der Waals surface area contributed by atoms with E-state index in [4.69, 9.17) is 4.74 Å². The molecule has 1 aromatic carbocycles. The molecule has 0 aliphatic carbocycles. The van der Waals surface area contributed by atoms with E-state index in [1.54, 1.807) is 41.0 Å². The smallest absolute Gasteiger partial charge is 0.164 e. The number of fused-ring (bicyclic) bond motifs is 2. The Bertz CT molecular complexity index is 1340. The molecule has 0 bridgehead atoms. The third-order valence-electron chi connectivity index (χ3n) is 4.67. The van der Waals surface area contributed by atoms with Crippen LogP contribution in [0.15, 0.2) is 55.1 Å². The third kappa shape index (κ3) is 2.42. The summed E-state index contributed by atoms with van der Waals surface area (Å²) in [7, 11) is 1.55. The van der Waals surface area contributed by atoms with Gasteiger partial charge in [0.25, 0.3) is 0 Å². The molecule has 0 aliphatic rings. The van der Waals surface area contributed by atoms with Crippen molar-refractivity contribution in [1.82, 2.24) is 29.4 Å². The van der Waals surface area contributed by atoms with Gasteiger partial charge in [0.2, 0.25) is 0 Å². The Morgan fingerprint density at radius 1 is 1.11 bits per heavy atom. The lowest BCUT2D eigenvalue weighted by molar-refractivity contribution is 0.411. The van der Waals surface area contributed by atoms with Crippen LogP contribution in [-0.4, -0.2) is 36.5 Å². The zero-order valence-corrected chi connectivity index (χ0v) is 15.2. The molecule has 0 amide bonds. The first kappa shape index (κ1) is 16.4. The largest absolute Gasteiger partial charge is 0.494 e. The van der Waals surface area contributed by atoms with Crippen molar-refractivity contribution in [3.05, 3.63) is 66.6 Å². The minimum absolute atomic E-state index is 0.363. The number of pyridine rings is 1. The van der Waals surface area contributed by atoms with Crippen LogP contribution in [0.4, 0.5) is 4.39 Å². The van der Waals surface area contributed by atoms with Crippen LogP contribution in [0, 0.1) is 12.7 Å². The summed E-state index contributed by atoms with van der Waals surface area (Å²) in [5.74, 6) is 0.167. The molecule has 5 aromatic rings. The van der Waals surface area contributed by atoms with Crippen molar-refractivity contribution < 1.29 is 9.13 Å². The first-order valence-corrected chi connectivity index (χ1v) is 8.64. The molecule has 0 radical (unpaired) electrons. The van der Waals surface area contributed by atoms with Gasteiger partial charge in [-0.3, -0.25) is 4.98 Å². The van der Waals surface area contributed by atoms with Crippen molar-refractivity contribution in [1.29, 1.82) is 0 Å². The summed E-state index contributed by atoms with van der Waals surface area (Å²) in [4.78, 5) is 8.97. The number of aryl methyl sites for hydroxylation is 1. The second-order valence-electron chi connectivity index (χ2n) is 6.35. The average molecular weight is 374 g/mol. The van der Waals surface area contributed by atoms with Gasteiger partial charge >= 0.3 is 0 Å². The van der Waals surface area contributed by atoms with Gasteiger partial charge in [0.15, 0.2) is 5.65 Å². The maximum Gasteiger partial charge on any atom is 0.164 e. The Hall–Kier alpha value is -3.81. The highest BCUT2D eigenvalue weighted by atomic mass is 19.1. The molecular weight excluding hydrogens is 359 g/mol. The molecule has 7 nitrogen and oxygen atoms in total. The Labute approximate surface area is 159 Å². The van der Waals surface area contributed by atoms with Gasteiger partial charge in [-0.25, -0.2) is 18.6 Å². The first-order valence-electron chi connectivity index (χ1n) is 8.64. The molecule has 0 spiro atoms. The molecule has 0 saturated heterocycles. The van der Waals surface area contributed by atoms with E-state index in [0.29, 0.717) is 22.8 Å². The molecule has 4 aromatic heterocycles. The van der Waals surface area contributed by atoms with Crippen molar-refractivity contribution in [2.45, 2.75) is 6.92 Å². The maximum atomic E-state index is 13.9. The first-order chi connectivity index (χ1) is 13.7. The number of nitrogens with zero attached hydrogens (tertiary/aromatic N) is 6. The predicted molar refractivity (Wildman–Crippen MR) is 102 cm³/mol. The van der Waals surface area contributed by atoms with E-state index in [1.807, 2.05) is 25.3 Å². The second-order valence-corrected chi connectivity index (χ2v) is 6.35. The van der Waals surface area contributed by atoms with E-state index < -0.39 is 0 Å². The van der Waals surface area contributed by atoms with Gasteiger partial charge < -0.3 is 4.74 Å². The van der Waals surface area contributed by atoms with Crippen molar-refractivity contribution in [2.24, 2.45) is 0 Å². The highest BCUT2D eigenvalue weighted by Crippen LogP contribution is 2.31. The topological polar surface area (TPSA) is 70.1 Å². The van der Waals surface area contributed by atoms with Crippen LogP contribution in [0.1, 0.15) is 5.69 Å². The molecule has 0 fully saturated rings. The molecule has 0 unspecified atom stereocenters. The van der Waals surface area contributed by atoms with Crippen LogP contribution in [0.5, 0.6) is 5.75 Å². The van der Waals surface area contributed by atoms with Gasteiger partial charge in [0, 0.05) is 30.0 Å². The summed E-state index contributed by atoms with van der Waals surface area (Å²) in [5, 5.41) is 9.78. The molecular formula is C20H15FN6O. The summed E-state index contributed by atoms with van der Waals surface area (Å²) >= 11 is 0. The summed E-state index contributed by atoms with van der Waals surface area (Å²) in [5.41, 5.74) is 4.33. The number of hydrogen-bond acceptors (Lipinski definition) is 5. The van der Waals surface area contributed by atoms with Crippen molar-refractivity contribution in [3.8, 4) is 22.7 Å². The van der Waals surface area contributed by atoms with Crippen molar-refractivity contribution >= 4 is 16.6 Å². The Morgan fingerprint density at radius 3 is 2.86 bits per heavy atom. The van der Waals surface area contributed by atoms with E-state index in [2.05, 4.69) is 20.2 Å². The van der Waals surface area contributed by atoms with Crippen LogP contribution in [0.2, 0.25) is 0 Å². The van der Waals surface area contributed by atoms with Crippen LogP contribution in [0.3, 0.4) is 0 Å². The summed E-state index contributed by atoms with van der Waals surface area (Å²) in [6.45, 7) is 1.89. The van der Waals surface area contributed by atoms with E-state index in [9.17, 15) is 4.39 Å². The van der Waals surface area contributed by atoms with Crippen LogP contribution < -0.4 is 4.74 Å². The second kappa shape index (κ2) is 6.12. The lowest BCUT2D eigenvalue weighted by Crippen LogP contribution is -2.01. The van der Waals surface area contributed by atoms with Crippen molar-refractivity contribution in [2.75, 3.05) is 7.11 Å². The number of methoxy groups -OCH3 is 1. The molecule has 0 N–H and O–H groups in total. The van der Waals surface area contributed by atoms with Crippen molar-refractivity contribution in [3.63, 3.8) is 0 Å². The van der Waals surface area contributed by atoms with E-state index in [1.165, 1.54) is 12.1 Å². The maximum absolute atomic E-state index is 13.9. The fourth-order valence-corrected chi connectivity index (χ4v) is 3.32. The molecule has 0 aliphatic heterocycles. The van der Waals surface area contributed by atoms with E-state index in [0.717, 1.165) is 22.2 Å². The molecule has 0 atom stereocenters. The van der Waals surface area contributed by atoms with Crippen LogP contribution in [-0.2, 0) is 0 Å².